The van der Waals surface area contributed by atoms with Crippen molar-refractivity contribution in [3.05, 3.63) is 71.3 Å². The van der Waals surface area contributed by atoms with Crippen molar-refractivity contribution < 1.29 is 19.1 Å². The summed E-state index contributed by atoms with van der Waals surface area (Å²) in [5, 5.41) is 0. The third-order valence-electron chi connectivity index (χ3n) is 4.83. The monoisotopic (exact) mass is 382 g/mol. The van der Waals surface area contributed by atoms with Crippen molar-refractivity contribution in [3.63, 3.8) is 0 Å². The molecule has 0 bridgehead atoms. The summed E-state index contributed by atoms with van der Waals surface area (Å²) in [6.45, 7) is 4.90. The fourth-order valence-corrected chi connectivity index (χ4v) is 2.99. The van der Waals surface area contributed by atoms with Gasteiger partial charge in [-0.3, -0.25) is 0 Å². The van der Waals surface area contributed by atoms with Crippen LogP contribution in [0.1, 0.15) is 65.8 Å². The Balaban J connectivity index is 1.93. The number of esters is 2. The summed E-state index contributed by atoms with van der Waals surface area (Å²) in [4.78, 5) is 25.0. The zero-order chi connectivity index (χ0) is 20.2. The number of ether oxygens (including phenoxy) is 2. The largest absolute Gasteiger partial charge is 0.462 e. The minimum absolute atomic E-state index is 0.252. The van der Waals surface area contributed by atoms with E-state index < -0.39 is 11.9 Å². The topological polar surface area (TPSA) is 52.6 Å². The molecule has 0 spiro atoms. The first-order valence-electron chi connectivity index (χ1n) is 10.1. The van der Waals surface area contributed by atoms with Gasteiger partial charge in [-0.25, -0.2) is 9.59 Å². The Morgan fingerprint density at radius 2 is 1.46 bits per heavy atom. The smallest absolute Gasteiger partial charge is 0.339 e. The van der Waals surface area contributed by atoms with E-state index in [1.165, 1.54) is 0 Å². The van der Waals surface area contributed by atoms with E-state index in [-0.39, 0.29) is 17.7 Å². The number of unbranched alkanes of at least 4 members (excludes halogenated alkanes) is 1. The van der Waals surface area contributed by atoms with Gasteiger partial charge in [-0.2, -0.15) is 0 Å². The molecule has 0 heterocycles. The van der Waals surface area contributed by atoms with Gasteiger partial charge in [-0.15, -0.1) is 0 Å². The molecule has 2 aromatic carbocycles. The van der Waals surface area contributed by atoms with Crippen molar-refractivity contribution in [1.29, 1.82) is 0 Å². The SMILES string of the molecule is CCCCC(CC)COC(=O)c1ccccc1C(=O)OCCc1ccccc1. The molecule has 0 N–H and O–H groups in total. The zero-order valence-electron chi connectivity index (χ0n) is 16.9. The van der Waals surface area contributed by atoms with Crippen LogP contribution >= 0.6 is 0 Å². The third kappa shape index (κ3) is 6.84. The standard InChI is InChI=1S/C24H30O4/c1-3-5-11-19(4-2)18-28-24(26)22-15-10-9-14-21(22)23(25)27-17-16-20-12-7-6-8-13-20/h6-10,12-15,19H,3-5,11,16-18H2,1-2H3. The molecular weight excluding hydrogens is 352 g/mol. The Hall–Kier alpha value is -2.62. The third-order valence-corrected chi connectivity index (χ3v) is 4.83. The van der Waals surface area contributed by atoms with Crippen LogP contribution in [0.25, 0.3) is 0 Å². The fraction of sp³-hybridized carbons (Fsp3) is 0.417. The molecule has 2 aromatic rings. The first kappa shape index (κ1) is 21.7. The molecule has 0 aliphatic heterocycles. The van der Waals surface area contributed by atoms with Gasteiger partial charge in [0.25, 0.3) is 0 Å². The highest BCUT2D eigenvalue weighted by Crippen LogP contribution is 2.16. The van der Waals surface area contributed by atoms with Gasteiger partial charge >= 0.3 is 11.9 Å². The van der Waals surface area contributed by atoms with Crippen LogP contribution < -0.4 is 0 Å². The number of benzene rings is 2. The van der Waals surface area contributed by atoms with Gasteiger partial charge in [0, 0.05) is 6.42 Å². The Morgan fingerprint density at radius 3 is 2.07 bits per heavy atom. The number of carbonyl (C=O) groups is 2. The van der Waals surface area contributed by atoms with Crippen molar-refractivity contribution in [2.45, 2.75) is 46.0 Å². The lowest BCUT2D eigenvalue weighted by Gasteiger charge is -2.15. The lowest BCUT2D eigenvalue weighted by Crippen LogP contribution is -2.18. The van der Waals surface area contributed by atoms with Crippen LogP contribution in [-0.2, 0) is 15.9 Å². The number of hydrogen-bond acceptors (Lipinski definition) is 4. The maximum atomic E-state index is 12.5. The second-order valence-corrected chi connectivity index (χ2v) is 6.93. The maximum Gasteiger partial charge on any atom is 0.339 e. The molecule has 1 unspecified atom stereocenters. The van der Waals surface area contributed by atoms with E-state index >= 15 is 0 Å². The van der Waals surface area contributed by atoms with E-state index in [4.69, 9.17) is 9.47 Å². The lowest BCUT2D eigenvalue weighted by molar-refractivity contribution is 0.0406. The molecule has 0 aliphatic carbocycles. The predicted octanol–water partition coefficient (Wildman–Crippen LogP) is 5.46. The summed E-state index contributed by atoms with van der Waals surface area (Å²) >= 11 is 0. The van der Waals surface area contributed by atoms with Crippen LogP contribution in [0, 0.1) is 5.92 Å². The summed E-state index contributed by atoms with van der Waals surface area (Å²) in [6, 6.07) is 16.5. The van der Waals surface area contributed by atoms with Gasteiger partial charge in [-0.05, 0) is 30.0 Å². The summed E-state index contributed by atoms with van der Waals surface area (Å²) in [7, 11) is 0. The molecule has 0 radical (unpaired) electrons. The second-order valence-electron chi connectivity index (χ2n) is 6.93. The maximum absolute atomic E-state index is 12.5. The molecule has 150 valence electrons. The summed E-state index contributed by atoms with van der Waals surface area (Å²) in [6.07, 6.45) is 4.90. The highest BCUT2D eigenvalue weighted by atomic mass is 16.5. The molecule has 0 saturated heterocycles. The van der Waals surface area contributed by atoms with Crippen LogP contribution in [0.3, 0.4) is 0 Å². The average Bonchev–Trinajstić information content (AvgIpc) is 2.74. The fourth-order valence-electron chi connectivity index (χ4n) is 2.99. The van der Waals surface area contributed by atoms with Crippen molar-refractivity contribution >= 4 is 11.9 Å². The highest BCUT2D eigenvalue weighted by molar-refractivity contribution is 6.03. The van der Waals surface area contributed by atoms with Crippen molar-refractivity contribution in [3.8, 4) is 0 Å². The molecular formula is C24H30O4. The molecule has 1 atom stereocenters. The van der Waals surface area contributed by atoms with Gasteiger partial charge in [0.15, 0.2) is 0 Å². The van der Waals surface area contributed by atoms with Gasteiger partial charge in [-0.1, -0.05) is 75.6 Å². The van der Waals surface area contributed by atoms with E-state index in [0.717, 1.165) is 31.2 Å². The zero-order valence-corrected chi connectivity index (χ0v) is 16.9. The summed E-state index contributed by atoms with van der Waals surface area (Å²) < 4.78 is 10.9. The summed E-state index contributed by atoms with van der Waals surface area (Å²) in [5.41, 5.74) is 1.61. The van der Waals surface area contributed by atoms with Gasteiger partial charge in [0.2, 0.25) is 0 Å². The van der Waals surface area contributed by atoms with Gasteiger partial charge in [0.1, 0.15) is 0 Å². The molecule has 28 heavy (non-hydrogen) atoms. The Morgan fingerprint density at radius 1 is 0.857 bits per heavy atom. The molecule has 0 aliphatic rings. The van der Waals surface area contributed by atoms with Crippen molar-refractivity contribution in [2.75, 3.05) is 13.2 Å². The molecule has 0 amide bonds. The average molecular weight is 383 g/mol. The van der Waals surface area contributed by atoms with Gasteiger partial charge < -0.3 is 9.47 Å². The molecule has 4 nitrogen and oxygen atoms in total. The molecule has 0 saturated carbocycles. The first-order valence-corrected chi connectivity index (χ1v) is 10.1. The van der Waals surface area contributed by atoms with Crippen LogP contribution in [0.4, 0.5) is 0 Å². The van der Waals surface area contributed by atoms with Gasteiger partial charge in [0.05, 0.1) is 24.3 Å². The molecule has 0 fully saturated rings. The van der Waals surface area contributed by atoms with Crippen LogP contribution in [0.2, 0.25) is 0 Å². The minimum atomic E-state index is -0.499. The quantitative estimate of drug-likeness (QED) is 0.484. The second kappa shape index (κ2) is 12.0. The van der Waals surface area contributed by atoms with E-state index in [1.54, 1.807) is 24.3 Å². The summed E-state index contributed by atoms with van der Waals surface area (Å²) in [5.74, 6) is -0.610. The van der Waals surface area contributed by atoms with Crippen molar-refractivity contribution in [2.24, 2.45) is 5.92 Å². The van der Waals surface area contributed by atoms with Crippen LogP contribution in [0.5, 0.6) is 0 Å². The Labute approximate surface area is 167 Å². The van der Waals surface area contributed by atoms with Crippen molar-refractivity contribution in [1.82, 2.24) is 0 Å². The lowest BCUT2D eigenvalue weighted by atomic mass is 10.0. The van der Waals surface area contributed by atoms with E-state index in [0.29, 0.717) is 18.9 Å². The number of rotatable bonds is 11. The first-order chi connectivity index (χ1) is 13.7. The Bertz CT molecular complexity index is 739. The van der Waals surface area contributed by atoms with Crippen LogP contribution in [0.15, 0.2) is 54.6 Å². The minimum Gasteiger partial charge on any atom is -0.462 e. The highest BCUT2D eigenvalue weighted by Gasteiger charge is 2.20. The molecule has 4 heteroatoms. The molecule has 2 rings (SSSR count). The van der Waals surface area contributed by atoms with E-state index in [1.807, 2.05) is 30.3 Å². The normalized spacial score (nSPS) is 11.6. The molecule has 0 aromatic heterocycles. The Kier molecular flexibility index (Phi) is 9.26. The van der Waals surface area contributed by atoms with E-state index in [2.05, 4.69) is 13.8 Å². The van der Waals surface area contributed by atoms with Crippen LogP contribution in [-0.4, -0.2) is 25.2 Å². The predicted molar refractivity (Wildman–Crippen MR) is 110 cm³/mol. The van der Waals surface area contributed by atoms with E-state index in [9.17, 15) is 9.59 Å². The number of hydrogen-bond donors (Lipinski definition) is 0. The number of carbonyl (C=O) groups excluding carboxylic acids is 2.